The first-order valence-corrected chi connectivity index (χ1v) is 3.39. The van der Waals surface area contributed by atoms with Crippen LogP contribution < -0.4 is 0 Å². The van der Waals surface area contributed by atoms with Gasteiger partial charge in [0, 0.05) is 5.56 Å². The van der Waals surface area contributed by atoms with E-state index in [4.69, 9.17) is 0 Å². The molecule has 2 rings (SSSR count). The van der Waals surface area contributed by atoms with Crippen molar-refractivity contribution in [2.45, 2.75) is 0 Å². The van der Waals surface area contributed by atoms with Gasteiger partial charge >= 0.3 is 0 Å². The van der Waals surface area contributed by atoms with E-state index in [0.29, 0.717) is 22.8 Å². The van der Waals surface area contributed by atoms with Gasteiger partial charge in [-0.2, -0.15) is 5.10 Å². The molecular weight excluding hydrogens is 159 g/mol. The number of halogens is 1. The highest BCUT2D eigenvalue weighted by molar-refractivity contribution is 5.86. The van der Waals surface area contributed by atoms with Crippen LogP contribution in [0.15, 0.2) is 18.3 Å². The summed E-state index contributed by atoms with van der Waals surface area (Å²) in [7, 11) is 0. The molecule has 0 fully saturated rings. The lowest BCUT2D eigenvalue weighted by Crippen LogP contribution is -1.83. The largest absolute Gasteiger partial charge is 0.298 e. The SMILES string of the molecule is O=Cc1cc(F)c2cn[nH]c2c1. The number of hydrogen-bond donors (Lipinski definition) is 1. The molecule has 0 bridgehead atoms. The van der Waals surface area contributed by atoms with Crippen molar-refractivity contribution in [2.75, 3.05) is 0 Å². The number of benzene rings is 1. The maximum Gasteiger partial charge on any atom is 0.150 e. The molecule has 0 aliphatic rings. The predicted molar refractivity (Wildman–Crippen MR) is 41.4 cm³/mol. The van der Waals surface area contributed by atoms with Crippen LogP contribution in [-0.2, 0) is 0 Å². The van der Waals surface area contributed by atoms with Gasteiger partial charge in [0.25, 0.3) is 0 Å². The van der Waals surface area contributed by atoms with Crippen LogP contribution in [-0.4, -0.2) is 16.5 Å². The Kier molecular flexibility index (Phi) is 1.40. The Morgan fingerprint density at radius 1 is 1.50 bits per heavy atom. The van der Waals surface area contributed by atoms with Gasteiger partial charge in [0.1, 0.15) is 12.1 Å². The quantitative estimate of drug-likeness (QED) is 0.649. The molecule has 1 aromatic carbocycles. The van der Waals surface area contributed by atoms with E-state index in [9.17, 15) is 9.18 Å². The first kappa shape index (κ1) is 6.97. The third-order valence-corrected chi connectivity index (χ3v) is 1.67. The highest BCUT2D eigenvalue weighted by atomic mass is 19.1. The fourth-order valence-corrected chi connectivity index (χ4v) is 1.10. The van der Waals surface area contributed by atoms with Gasteiger partial charge in [-0.15, -0.1) is 0 Å². The van der Waals surface area contributed by atoms with E-state index in [1.165, 1.54) is 12.3 Å². The molecular formula is C8H5FN2O. The molecule has 0 aliphatic carbocycles. The van der Waals surface area contributed by atoms with Crippen molar-refractivity contribution in [1.29, 1.82) is 0 Å². The number of aromatic amines is 1. The predicted octanol–water partition coefficient (Wildman–Crippen LogP) is 1.51. The summed E-state index contributed by atoms with van der Waals surface area (Å²) >= 11 is 0. The topological polar surface area (TPSA) is 45.8 Å². The van der Waals surface area contributed by atoms with E-state index in [1.807, 2.05) is 0 Å². The number of carbonyl (C=O) groups is 1. The van der Waals surface area contributed by atoms with Crippen LogP contribution in [0.1, 0.15) is 10.4 Å². The number of H-pyrrole nitrogens is 1. The molecule has 0 atom stereocenters. The second-order valence-electron chi connectivity index (χ2n) is 2.45. The summed E-state index contributed by atoms with van der Waals surface area (Å²) in [4.78, 5) is 10.3. The first-order valence-electron chi connectivity index (χ1n) is 3.39. The maximum atomic E-state index is 13.0. The lowest BCUT2D eigenvalue weighted by Gasteiger charge is -1.92. The highest BCUT2D eigenvalue weighted by Gasteiger charge is 2.03. The number of hydrogen-bond acceptors (Lipinski definition) is 2. The summed E-state index contributed by atoms with van der Waals surface area (Å²) in [6.07, 6.45) is 1.99. The molecule has 1 N–H and O–H groups in total. The third kappa shape index (κ3) is 0.887. The summed E-state index contributed by atoms with van der Waals surface area (Å²) in [5, 5.41) is 6.65. The zero-order valence-electron chi connectivity index (χ0n) is 6.04. The van der Waals surface area contributed by atoms with Crippen molar-refractivity contribution in [3.05, 3.63) is 29.7 Å². The van der Waals surface area contributed by atoms with Crippen LogP contribution in [0.3, 0.4) is 0 Å². The molecule has 4 heteroatoms. The van der Waals surface area contributed by atoms with Gasteiger partial charge in [-0.05, 0) is 12.1 Å². The molecule has 0 radical (unpaired) electrons. The van der Waals surface area contributed by atoms with Crippen molar-refractivity contribution in [3.8, 4) is 0 Å². The molecule has 0 saturated heterocycles. The minimum atomic E-state index is -0.427. The number of nitrogens with one attached hydrogen (secondary N) is 1. The Balaban J connectivity index is 2.83. The summed E-state index contributed by atoms with van der Waals surface area (Å²) in [5.74, 6) is -0.427. The number of aldehydes is 1. The maximum absolute atomic E-state index is 13.0. The second-order valence-corrected chi connectivity index (χ2v) is 2.45. The van der Waals surface area contributed by atoms with Crippen LogP contribution in [0.25, 0.3) is 10.9 Å². The van der Waals surface area contributed by atoms with Gasteiger partial charge in [-0.25, -0.2) is 4.39 Å². The summed E-state index contributed by atoms with van der Waals surface area (Å²) < 4.78 is 13.0. The number of nitrogens with zero attached hydrogens (tertiary/aromatic N) is 1. The standard InChI is InChI=1S/C8H5FN2O/c9-7-1-5(4-12)2-8-6(7)3-10-11-8/h1-4H,(H,10,11). The average molecular weight is 164 g/mol. The average Bonchev–Trinajstić information content (AvgIpc) is 2.52. The highest BCUT2D eigenvalue weighted by Crippen LogP contribution is 2.16. The molecule has 0 aliphatic heterocycles. The Morgan fingerprint density at radius 2 is 2.33 bits per heavy atom. The summed E-state index contributed by atoms with van der Waals surface area (Å²) in [5.41, 5.74) is 0.848. The molecule has 0 unspecified atom stereocenters. The monoisotopic (exact) mass is 164 g/mol. The Bertz CT molecular complexity index is 436. The molecule has 0 amide bonds. The van der Waals surface area contributed by atoms with Crippen LogP contribution in [0.2, 0.25) is 0 Å². The minimum Gasteiger partial charge on any atom is -0.298 e. The second kappa shape index (κ2) is 2.41. The van der Waals surface area contributed by atoms with Gasteiger partial charge in [0.2, 0.25) is 0 Å². The lowest BCUT2D eigenvalue weighted by molar-refractivity contribution is 0.112. The molecule has 12 heavy (non-hydrogen) atoms. The van der Waals surface area contributed by atoms with E-state index in [2.05, 4.69) is 10.2 Å². The molecule has 1 heterocycles. The van der Waals surface area contributed by atoms with Gasteiger partial charge in [0.15, 0.2) is 0 Å². The molecule has 1 aromatic heterocycles. The fourth-order valence-electron chi connectivity index (χ4n) is 1.10. The first-order chi connectivity index (χ1) is 5.81. The van der Waals surface area contributed by atoms with Crippen LogP contribution in [0.4, 0.5) is 4.39 Å². The van der Waals surface area contributed by atoms with Crippen molar-refractivity contribution >= 4 is 17.2 Å². The normalized spacial score (nSPS) is 10.4. The minimum absolute atomic E-state index is 0.309. The molecule has 2 aromatic rings. The zero-order valence-corrected chi connectivity index (χ0v) is 6.04. The Labute approximate surface area is 67.2 Å². The van der Waals surface area contributed by atoms with Crippen molar-refractivity contribution in [2.24, 2.45) is 0 Å². The van der Waals surface area contributed by atoms with E-state index in [1.54, 1.807) is 6.07 Å². The number of aromatic nitrogens is 2. The molecule has 60 valence electrons. The van der Waals surface area contributed by atoms with Gasteiger partial charge < -0.3 is 0 Å². The van der Waals surface area contributed by atoms with Crippen LogP contribution in [0, 0.1) is 5.82 Å². The van der Waals surface area contributed by atoms with Crippen molar-refractivity contribution in [3.63, 3.8) is 0 Å². The number of rotatable bonds is 1. The number of fused-ring (bicyclic) bond motifs is 1. The molecule has 0 saturated carbocycles. The Morgan fingerprint density at radius 3 is 3.08 bits per heavy atom. The summed E-state index contributed by atoms with van der Waals surface area (Å²) in [6, 6.07) is 2.74. The zero-order chi connectivity index (χ0) is 8.55. The Hall–Kier alpha value is -1.71. The van der Waals surface area contributed by atoms with Gasteiger partial charge in [-0.3, -0.25) is 9.89 Å². The van der Waals surface area contributed by atoms with Crippen LogP contribution >= 0.6 is 0 Å². The summed E-state index contributed by atoms with van der Waals surface area (Å²) in [6.45, 7) is 0. The van der Waals surface area contributed by atoms with E-state index < -0.39 is 5.82 Å². The lowest BCUT2D eigenvalue weighted by atomic mass is 10.2. The van der Waals surface area contributed by atoms with E-state index in [-0.39, 0.29) is 0 Å². The van der Waals surface area contributed by atoms with Crippen molar-refractivity contribution < 1.29 is 9.18 Å². The van der Waals surface area contributed by atoms with E-state index >= 15 is 0 Å². The fraction of sp³-hybridized carbons (Fsp3) is 0. The third-order valence-electron chi connectivity index (χ3n) is 1.67. The molecule has 0 spiro atoms. The smallest absolute Gasteiger partial charge is 0.150 e. The number of carbonyl (C=O) groups excluding carboxylic acids is 1. The van der Waals surface area contributed by atoms with Gasteiger partial charge in [-0.1, -0.05) is 0 Å². The van der Waals surface area contributed by atoms with Crippen LogP contribution in [0.5, 0.6) is 0 Å². The van der Waals surface area contributed by atoms with Crippen molar-refractivity contribution in [1.82, 2.24) is 10.2 Å². The molecule has 3 nitrogen and oxygen atoms in total. The van der Waals surface area contributed by atoms with E-state index in [0.717, 1.165) is 0 Å². The van der Waals surface area contributed by atoms with Gasteiger partial charge in [0.05, 0.1) is 17.1 Å².